The van der Waals surface area contributed by atoms with Gasteiger partial charge in [0.15, 0.2) is 6.29 Å². The van der Waals surface area contributed by atoms with E-state index in [4.69, 9.17) is 9.47 Å². The van der Waals surface area contributed by atoms with Gasteiger partial charge in [0, 0.05) is 34.2 Å². The number of ether oxygens (including phenoxy) is 2. The van der Waals surface area contributed by atoms with Crippen LogP contribution in [0.3, 0.4) is 0 Å². The lowest BCUT2D eigenvalue weighted by Crippen LogP contribution is -2.38. The van der Waals surface area contributed by atoms with Gasteiger partial charge in [-0.2, -0.15) is 11.8 Å². The molecule has 0 bridgehead atoms. The largest absolute Gasteiger partial charge is 0.396 e. The van der Waals surface area contributed by atoms with Crippen LogP contribution in [0.15, 0.2) is 78.9 Å². The predicted octanol–water partition coefficient (Wildman–Crippen LogP) is 4.95. The number of hydrogen-bond donors (Lipinski definition) is 3. The zero-order valence-electron chi connectivity index (χ0n) is 19.7. The highest BCUT2D eigenvalue weighted by molar-refractivity contribution is 7.99. The van der Waals surface area contributed by atoms with E-state index in [0.717, 1.165) is 22.4 Å². The second-order valence-corrected chi connectivity index (χ2v) is 9.71. The number of aliphatic hydroxyl groups excluding tert-OH is 2. The Kier molecular flexibility index (Phi) is 8.95. The molecule has 0 spiro atoms. The highest BCUT2D eigenvalue weighted by atomic mass is 32.2. The SMILES string of the molecule is C[C@H]1[C@@H](CSCCO)O[C@@H](c2ccc(NC(=O)c3ccccc3)cc2)O[C@H]1c1ccc(CO)cc1. The Balaban J connectivity index is 1.50. The van der Waals surface area contributed by atoms with E-state index < -0.39 is 6.29 Å². The fourth-order valence-electron chi connectivity index (χ4n) is 4.09. The lowest BCUT2D eigenvalue weighted by molar-refractivity contribution is -0.268. The highest BCUT2D eigenvalue weighted by Gasteiger charge is 2.38. The molecule has 1 amide bonds. The molecule has 0 radical (unpaired) electrons. The summed E-state index contributed by atoms with van der Waals surface area (Å²) in [5.41, 5.74) is 4.05. The van der Waals surface area contributed by atoms with E-state index in [1.807, 2.05) is 66.7 Å². The molecule has 4 atom stereocenters. The monoisotopic (exact) mass is 493 g/mol. The van der Waals surface area contributed by atoms with E-state index in [1.54, 1.807) is 23.9 Å². The number of rotatable bonds is 9. The summed E-state index contributed by atoms with van der Waals surface area (Å²) in [6.45, 7) is 2.25. The minimum absolute atomic E-state index is 0.000672. The molecule has 1 fully saturated rings. The van der Waals surface area contributed by atoms with Crippen molar-refractivity contribution in [3.05, 3.63) is 101 Å². The molecule has 3 N–H and O–H groups in total. The molecule has 0 aromatic heterocycles. The standard InChI is InChI=1S/C28H31NO5S/c1-19-25(18-35-16-15-30)33-28(34-26(19)21-9-7-20(17-31)8-10-21)23-11-13-24(14-12-23)29-27(32)22-5-3-2-4-6-22/h2-14,19,25-26,28,30-31H,15-18H2,1H3,(H,29,32)/t19-,25+,26+,28+/m0/s1. The number of carbonyl (C=O) groups excluding carboxylic acids is 1. The number of benzene rings is 3. The van der Waals surface area contributed by atoms with Crippen LogP contribution < -0.4 is 5.32 Å². The van der Waals surface area contributed by atoms with Crippen LogP contribution in [0, 0.1) is 5.92 Å². The van der Waals surface area contributed by atoms with Crippen molar-refractivity contribution in [1.82, 2.24) is 0 Å². The smallest absolute Gasteiger partial charge is 0.255 e. The van der Waals surface area contributed by atoms with Crippen LogP contribution in [0.2, 0.25) is 0 Å². The fraction of sp³-hybridized carbons (Fsp3) is 0.321. The summed E-state index contributed by atoms with van der Waals surface area (Å²) in [6, 6.07) is 24.4. The van der Waals surface area contributed by atoms with Gasteiger partial charge in [0.2, 0.25) is 0 Å². The van der Waals surface area contributed by atoms with Crippen LogP contribution in [-0.2, 0) is 16.1 Å². The van der Waals surface area contributed by atoms with Crippen molar-refractivity contribution in [2.24, 2.45) is 5.92 Å². The Labute approximate surface area is 210 Å². The Morgan fingerprint density at radius 1 is 0.914 bits per heavy atom. The maximum atomic E-state index is 12.5. The summed E-state index contributed by atoms with van der Waals surface area (Å²) in [6.07, 6.45) is -0.809. The van der Waals surface area contributed by atoms with Gasteiger partial charge in [-0.25, -0.2) is 0 Å². The van der Waals surface area contributed by atoms with Crippen LogP contribution in [0.5, 0.6) is 0 Å². The average molecular weight is 494 g/mol. The first-order valence-corrected chi connectivity index (χ1v) is 12.9. The number of amides is 1. The fourth-order valence-corrected chi connectivity index (χ4v) is 5.00. The summed E-state index contributed by atoms with van der Waals surface area (Å²) in [5, 5.41) is 21.5. The first kappa shape index (κ1) is 25.4. The van der Waals surface area contributed by atoms with Crippen LogP contribution in [0.25, 0.3) is 0 Å². The van der Waals surface area contributed by atoms with E-state index in [0.29, 0.717) is 17.0 Å². The van der Waals surface area contributed by atoms with E-state index in [9.17, 15) is 15.0 Å². The third-order valence-electron chi connectivity index (χ3n) is 6.12. The van der Waals surface area contributed by atoms with Crippen molar-refractivity contribution in [2.75, 3.05) is 23.4 Å². The molecular weight excluding hydrogens is 462 g/mol. The van der Waals surface area contributed by atoms with Crippen LogP contribution in [0.4, 0.5) is 5.69 Å². The van der Waals surface area contributed by atoms with Crippen LogP contribution >= 0.6 is 11.8 Å². The lowest BCUT2D eigenvalue weighted by Gasteiger charge is -2.41. The number of hydrogen-bond acceptors (Lipinski definition) is 6. The van der Waals surface area contributed by atoms with Crippen LogP contribution in [-0.4, -0.2) is 40.3 Å². The molecule has 1 saturated heterocycles. The summed E-state index contributed by atoms with van der Waals surface area (Å²) < 4.78 is 12.8. The zero-order valence-corrected chi connectivity index (χ0v) is 20.5. The molecule has 0 saturated carbocycles. The second kappa shape index (κ2) is 12.3. The molecule has 1 heterocycles. The second-order valence-electron chi connectivity index (χ2n) is 8.56. The maximum Gasteiger partial charge on any atom is 0.255 e. The Morgan fingerprint density at radius 2 is 1.60 bits per heavy atom. The minimum Gasteiger partial charge on any atom is -0.396 e. The maximum absolute atomic E-state index is 12.5. The quantitative estimate of drug-likeness (QED) is 0.366. The summed E-state index contributed by atoms with van der Waals surface area (Å²) in [4.78, 5) is 12.5. The van der Waals surface area contributed by atoms with Gasteiger partial charge in [0.1, 0.15) is 0 Å². The van der Waals surface area contributed by atoms with Crippen molar-refractivity contribution in [2.45, 2.75) is 32.0 Å². The number of aliphatic hydroxyl groups is 2. The zero-order chi connectivity index (χ0) is 24.6. The molecule has 1 aliphatic rings. The first-order chi connectivity index (χ1) is 17.1. The van der Waals surface area contributed by atoms with Gasteiger partial charge in [-0.05, 0) is 35.4 Å². The predicted molar refractivity (Wildman–Crippen MR) is 138 cm³/mol. The van der Waals surface area contributed by atoms with Crippen LogP contribution in [0.1, 0.15) is 46.4 Å². The number of thioether (sulfide) groups is 1. The molecule has 3 aromatic carbocycles. The Bertz CT molecular complexity index is 1070. The molecular formula is C28H31NO5S. The molecule has 6 nitrogen and oxygen atoms in total. The molecule has 7 heteroatoms. The minimum atomic E-state index is -0.563. The van der Waals surface area contributed by atoms with Crippen molar-refractivity contribution in [3.63, 3.8) is 0 Å². The summed E-state index contributed by atoms with van der Waals surface area (Å²) in [5.74, 6) is 1.34. The van der Waals surface area contributed by atoms with E-state index in [-0.39, 0.29) is 37.2 Å². The molecule has 0 aliphatic carbocycles. The average Bonchev–Trinajstić information content (AvgIpc) is 2.91. The van der Waals surface area contributed by atoms with Crippen molar-refractivity contribution in [3.8, 4) is 0 Å². The van der Waals surface area contributed by atoms with E-state index in [1.165, 1.54) is 0 Å². The van der Waals surface area contributed by atoms with Gasteiger partial charge in [-0.15, -0.1) is 0 Å². The lowest BCUT2D eigenvalue weighted by atomic mass is 9.91. The van der Waals surface area contributed by atoms with Gasteiger partial charge in [0.25, 0.3) is 5.91 Å². The first-order valence-electron chi connectivity index (χ1n) is 11.7. The molecule has 35 heavy (non-hydrogen) atoms. The van der Waals surface area contributed by atoms with Gasteiger partial charge >= 0.3 is 0 Å². The van der Waals surface area contributed by atoms with Gasteiger partial charge in [-0.1, -0.05) is 61.5 Å². The Morgan fingerprint density at radius 3 is 2.26 bits per heavy atom. The van der Waals surface area contributed by atoms with E-state index >= 15 is 0 Å². The highest BCUT2D eigenvalue weighted by Crippen LogP contribution is 2.42. The number of nitrogens with one attached hydrogen (secondary N) is 1. The van der Waals surface area contributed by atoms with Gasteiger partial charge in [0.05, 0.1) is 25.4 Å². The summed E-state index contributed by atoms with van der Waals surface area (Å²) in [7, 11) is 0. The summed E-state index contributed by atoms with van der Waals surface area (Å²) >= 11 is 1.66. The third kappa shape index (κ3) is 6.51. The molecule has 1 aliphatic heterocycles. The molecule has 4 rings (SSSR count). The normalized spacial score (nSPS) is 22.0. The number of anilines is 1. The van der Waals surface area contributed by atoms with E-state index in [2.05, 4.69) is 12.2 Å². The van der Waals surface area contributed by atoms with Crippen molar-refractivity contribution in [1.29, 1.82) is 0 Å². The van der Waals surface area contributed by atoms with Gasteiger partial charge in [-0.3, -0.25) is 4.79 Å². The van der Waals surface area contributed by atoms with Crippen molar-refractivity contribution < 1.29 is 24.5 Å². The topological polar surface area (TPSA) is 88.0 Å². The Hall–Kier alpha value is -2.68. The molecule has 3 aromatic rings. The van der Waals surface area contributed by atoms with Crippen molar-refractivity contribution >= 4 is 23.4 Å². The van der Waals surface area contributed by atoms with Gasteiger partial charge < -0.3 is 25.0 Å². The third-order valence-corrected chi connectivity index (χ3v) is 7.15. The molecule has 0 unspecified atom stereocenters. The number of carbonyl (C=O) groups is 1. The molecule has 184 valence electrons.